The van der Waals surface area contributed by atoms with Crippen molar-refractivity contribution in [3.63, 3.8) is 0 Å². The summed E-state index contributed by atoms with van der Waals surface area (Å²) >= 11 is 0. The number of hydrogen-bond acceptors (Lipinski definition) is 3. The molecule has 1 aromatic heterocycles. The summed E-state index contributed by atoms with van der Waals surface area (Å²) < 4.78 is 18.8. The van der Waals surface area contributed by atoms with Crippen LogP contribution < -0.4 is 0 Å². The maximum atomic E-state index is 13.1. The summed E-state index contributed by atoms with van der Waals surface area (Å²) in [5, 5.41) is 0. The van der Waals surface area contributed by atoms with E-state index in [1.54, 1.807) is 29.2 Å². The highest BCUT2D eigenvalue weighted by molar-refractivity contribution is 5.92. The minimum atomic E-state index is -0.311. The van der Waals surface area contributed by atoms with Gasteiger partial charge in [-0.25, -0.2) is 4.39 Å². The summed E-state index contributed by atoms with van der Waals surface area (Å²) in [6.07, 6.45) is 6.01. The first-order valence-electron chi connectivity index (χ1n) is 10.6. The number of furan rings is 1. The van der Waals surface area contributed by atoms with Gasteiger partial charge in [0.2, 0.25) is 5.91 Å². The Labute approximate surface area is 170 Å². The molecule has 2 amide bonds. The highest BCUT2D eigenvalue weighted by Gasteiger charge is 2.31. The Balaban J connectivity index is 1.34. The predicted octanol–water partition coefficient (Wildman–Crippen LogP) is 4.34. The quantitative estimate of drug-likeness (QED) is 0.773. The van der Waals surface area contributed by atoms with Gasteiger partial charge in [0.1, 0.15) is 11.6 Å². The molecule has 0 atom stereocenters. The van der Waals surface area contributed by atoms with E-state index in [1.807, 2.05) is 4.90 Å². The molecule has 29 heavy (non-hydrogen) atoms. The average molecular weight is 398 g/mol. The molecule has 0 saturated carbocycles. The van der Waals surface area contributed by atoms with Crippen LogP contribution in [0.3, 0.4) is 0 Å². The van der Waals surface area contributed by atoms with Crippen molar-refractivity contribution in [1.82, 2.24) is 9.80 Å². The second kappa shape index (κ2) is 8.80. The summed E-state index contributed by atoms with van der Waals surface area (Å²) in [6.45, 7) is 2.87. The highest BCUT2D eigenvalue weighted by Crippen LogP contribution is 2.26. The monoisotopic (exact) mass is 398 g/mol. The third-order valence-corrected chi connectivity index (χ3v) is 5.99. The second-order valence-electron chi connectivity index (χ2n) is 7.98. The molecule has 6 heteroatoms. The largest absolute Gasteiger partial charge is 0.451 e. The van der Waals surface area contributed by atoms with Gasteiger partial charge < -0.3 is 14.2 Å². The Morgan fingerprint density at radius 2 is 1.48 bits per heavy atom. The van der Waals surface area contributed by atoms with Gasteiger partial charge in [-0.1, -0.05) is 12.8 Å². The van der Waals surface area contributed by atoms with Crippen molar-refractivity contribution >= 4 is 11.8 Å². The van der Waals surface area contributed by atoms with E-state index in [9.17, 15) is 14.0 Å². The van der Waals surface area contributed by atoms with Crippen molar-refractivity contribution < 1.29 is 18.4 Å². The molecule has 1 aromatic carbocycles. The summed E-state index contributed by atoms with van der Waals surface area (Å²) in [7, 11) is 0. The minimum Gasteiger partial charge on any atom is -0.451 e. The SMILES string of the molecule is O=C(c1ccc(-c2ccc(F)cc2)o1)N1CCC(C(=O)N2CCCCCC2)CC1. The van der Waals surface area contributed by atoms with Crippen molar-refractivity contribution in [2.24, 2.45) is 5.92 Å². The van der Waals surface area contributed by atoms with Crippen molar-refractivity contribution in [3.05, 3.63) is 48.0 Å². The lowest BCUT2D eigenvalue weighted by Crippen LogP contribution is -2.44. The molecule has 0 aliphatic carbocycles. The lowest BCUT2D eigenvalue weighted by atomic mass is 9.95. The zero-order chi connectivity index (χ0) is 20.2. The first kappa shape index (κ1) is 19.7. The summed E-state index contributed by atoms with van der Waals surface area (Å²) in [6, 6.07) is 9.38. The van der Waals surface area contributed by atoms with E-state index in [1.165, 1.54) is 25.0 Å². The van der Waals surface area contributed by atoms with Crippen molar-refractivity contribution in [1.29, 1.82) is 0 Å². The molecule has 0 spiro atoms. The molecule has 2 aromatic rings. The molecular formula is C23H27FN2O3. The number of likely N-dealkylation sites (tertiary alicyclic amines) is 2. The van der Waals surface area contributed by atoms with Crippen LogP contribution in [0.25, 0.3) is 11.3 Å². The lowest BCUT2D eigenvalue weighted by molar-refractivity contribution is -0.136. The van der Waals surface area contributed by atoms with Crippen LogP contribution in [0.2, 0.25) is 0 Å². The van der Waals surface area contributed by atoms with Gasteiger partial charge in [0.15, 0.2) is 5.76 Å². The Morgan fingerprint density at radius 1 is 0.828 bits per heavy atom. The number of benzene rings is 1. The molecular weight excluding hydrogens is 371 g/mol. The molecule has 2 fully saturated rings. The van der Waals surface area contributed by atoms with Crippen molar-refractivity contribution in [2.45, 2.75) is 38.5 Å². The Bertz CT molecular complexity index is 845. The van der Waals surface area contributed by atoms with E-state index in [2.05, 4.69) is 0 Å². The molecule has 0 unspecified atom stereocenters. The van der Waals surface area contributed by atoms with Crippen LogP contribution in [0.4, 0.5) is 4.39 Å². The lowest BCUT2D eigenvalue weighted by Gasteiger charge is -2.33. The molecule has 0 bridgehead atoms. The van der Waals surface area contributed by atoms with Gasteiger partial charge in [0.25, 0.3) is 5.91 Å². The van der Waals surface area contributed by atoms with Gasteiger partial charge in [-0.3, -0.25) is 9.59 Å². The van der Waals surface area contributed by atoms with E-state index < -0.39 is 0 Å². The Kier molecular flexibility index (Phi) is 5.97. The summed E-state index contributed by atoms with van der Waals surface area (Å²) in [5.74, 6) is 0.633. The molecule has 2 aliphatic rings. The summed E-state index contributed by atoms with van der Waals surface area (Å²) in [5.41, 5.74) is 0.729. The molecule has 5 nitrogen and oxygen atoms in total. The zero-order valence-corrected chi connectivity index (χ0v) is 16.6. The van der Waals surface area contributed by atoms with Crippen LogP contribution >= 0.6 is 0 Å². The summed E-state index contributed by atoms with van der Waals surface area (Å²) in [4.78, 5) is 29.4. The smallest absolute Gasteiger partial charge is 0.289 e. The second-order valence-corrected chi connectivity index (χ2v) is 7.98. The number of piperidine rings is 1. The van der Waals surface area contributed by atoms with E-state index in [0.29, 0.717) is 31.7 Å². The van der Waals surface area contributed by atoms with Gasteiger partial charge in [0, 0.05) is 37.7 Å². The van der Waals surface area contributed by atoms with Crippen LogP contribution in [0.1, 0.15) is 49.1 Å². The van der Waals surface area contributed by atoms with Gasteiger partial charge >= 0.3 is 0 Å². The fourth-order valence-electron chi connectivity index (χ4n) is 4.26. The Hall–Kier alpha value is -2.63. The zero-order valence-electron chi connectivity index (χ0n) is 16.6. The third-order valence-electron chi connectivity index (χ3n) is 5.99. The molecule has 4 rings (SSSR count). The molecule has 0 N–H and O–H groups in total. The molecule has 2 aliphatic heterocycles. The van der Waals surface area contributed by atoms with Gasteiger partial charge in [-0.05, 0) is 62.1 Å². The fourth-order valence-corrected chi connectivity index (χ4v) is 4.26. The number of hydrogen-bond donors (Lipinski definition) is 0. The van der Waals surface area contributed by atoms with Crippen molar-refractivity contribution in [3.8, 4) is 11.3 Å². The van der Waals surface area contributed by atoms with Crippen LogP contribution in [0, 0.1) is 11.7 Å². The number of carbonyl (C=O) groups is 2. The van der Waals surface area contributed by atoms with Gasteiger partial charge in [-0.15, -0.1) is 0 Å². The van der Waals surface area contributed by atoms with E-state index in [4.69, 9.17) is 4.42 Å². The standard InChI is InChI=1S/C23H27FN2O3/c24-19-7-5-17(6-8-19)20-9-10-21(29-20)23(28)26-15-11-18(12-16-26)22(27)25-13-3-1-2-4-14-25/h5-10,18H,1-4,11-16H2. The number of halogens is 1. The maximum Gasteiger partial charge on any atom is 0.289 e. The number of amides is 2. The maximum absolute atomic E-state index is 13.1. The van der Waals surface area contributed by atoms with E-state index >= 15 is 0 Å². The first-order valence-corrected chi connectivity index (χ1v) is 10.6. The van der Waals surface area contributed by atoms with Gasteiger partial charge in [-0.2, -0.15) is 0 Å². The third kappa shape index (κ3) is 4.52. The van der Waals surface area contributed by atoms with E-state index in [0.717, 1.165) is 31.5 Å². The number of carbonyl (C=O) groups excluding carboxylic acids is 2. The highest BCUT2D eigenvalue weighted by atomic mass is 19.1. The fraction of sp³-hybridized carbons (Fsp3) is 0.478. The van der Waals surface area contributed by atoms with Crippen LogP contribution in [-0.2, 0) is 4.79 Å². The van der Waals surface area contributed by atoms with Gasteiger partial charge in [0.05, 0.1) is 0 Å². The first-order chi connectivity index (χ1) is 14.1. The Morgan fingerprint density at radius 3 is 2.14 bits per heavy atom. The molecule has 3 heterocycles. The molecule has 2 saturated heterocycles. The average Bonchev–Trinajstić information content (AvgIpc) is 3.08. The molecule has 154 valence electrons. The van der Waals surface area contributed by atoms with Crippen molar-refractivity contribution in [2.75, 3.05) is 26.2 Å². The van der Waals surface area contributed by atoms with Crippen LogP contribution in [0.15, 0.2) is 40.8 Å². The van der Waals surface area contributed by atoms with E-state index in [-0.39, 0.29) is 29.3 Å². The number of nitrogens with zero attached hydrogens (tertiary/aromatic N) is 2. The van der Waals surface area contributed by atoms with Crippen LogP contribution in [0.5, 0.6) is 0 Å². The topological polar surface area (TPSA) is 53.8 Å². The number of rotatable bonds is 3. The molecule has 0 radical (unpaired) electrons. The minimum absolute atomic E-state index is 0.0172. The normalized spacial score (nSPS) is 18.5. The predicted molar refractivity (Wildman–Crippen MR) is 108 cm³/mol. The van der Waals surface area contributed by atoms with Crippen LogP contribution in [-0.4, -0.2) is 47.8 Å².